The van der Waals surface area contributed by atoms with E-state index >= 15 is 0 Å². The Kier molecular flexibility index (Phi) is 9.51. The monoisotopic (exact) mass is 617 g/mol. The number of amides is 2. The Labute approximate surface area is 222 Å². The van der Waals surface area contributed by atoms with Crippen LogP contribution in [0.5, 0.6) is 0 Å². The Morgan fingerprint density at radius 3 is 2.43 bits per heavy atom. The van der Waals surface area contributed by atoms with Crippen LogP contribution < -0.4 is 10.2 Å². The molecular weight excluding hydrogens is 590 g/mol. The number of halogens is 4. The Morgan fingerprint density at radius 2 is 1.77 bits per heavy atom. The molecule has 0 aromatic heterocycles. The molecule has 2 aromatic carbocycles. The molecule has 10 heteroatoms. The maximum Gasteiger partial charge on any atom is 0.416 e. The lowest BCUT2D eigenvalue weighted by molar-refractivity contribution is -0.137. The number of unbranched alkanes of at least 4 members (excludes halogenated alkanes) is 4. The van der Waals surface area contributed by atoms with E-state index in [1.54, 1.807) is 17.0 Å². The minimum atomic E-state index is -4.55. The lowest BCUT2D eigenvalue weighted by Gasteiger charge is -2.24. The van der Waals surface area contributed by atoms with E-state index in [-0.39, 0.29) is 23.1 Å². The zero-order chi connectivity index (χ0) is 25.6. The maximum absolute atomic E-state index is 13.4. The summed E-state index contributed by atoms with van der Waals surface area (Å²) in [5.74, 6) is -0.866. The van der Waals surface area contributed by atoms with E-state index in [0.717, 1.165) is 52.7 Å². The first-order valence-corrected chi connectivity index (χ1v) is 13.0. The summed E-state index contributed by atoms with van der Waals surface area (Å²) in [4.78, 5) is 29.0. The fourth-order valence-corrected chi connectivity index (χ4v) is 4.73. The van der Waals surface area contributed by atoms with Gasteiger partial charge < -0.3 is 10.2 Å². The summed E-state index contributed by atoms with van der Waals surface area (Å²) >= 11 is 7.71. The van der Waals surface area contributed by atoms with Crippen molar-refractivity contribution in [2.75, 3.05) is 16.8 Å². The molecule has 1 fully saturated rings. The second kappa shape index (κ2) is 12.2. The number of hydrogen-bond acceptors (Lipinski definition) is 3. The largest absolute Gasteiger partial charge is 0.416 e. The molecule has 2 aromatic rings. The molecule has 0 aliphatic carbocycles. The van der Waals surface area contributed by atoms with Crippen molar-refractivity contribution in [3.05, 3.63) is 57.7 Å². The van der Waals surface area contributed by atoms with E-state index in [0.29, 0.717) is 12.2 Å². The minimum absolute atomic E-state index is 0.0475. The molecule has 1 heterocycles. The first-order chi connectivity index (χ1) is 16.6. The molecule has 0 saturated carbocycles. The van der Waals surface area contributed by atoms with Gasteiger partial charge in [-0.05, 0) is 83.7 Å². The number of nitrogens with zero attached hydrogens (tertiary/aromatic N) is 2. The highest BCUT2D eigenvalue weighted by Gasteiger charge is 2.44. The molecule has 3 rings (SSSR count). The van der Waals surface area contributed by atoms with Gasteiger partial charge in [0.15, 0.2) is 5.11 Å². The minimum Gasteiger partial charge on any atom is -0.336 e. The molecule has 1 aliphatic rings. The standard InChI is InChI=1S/C25H27F3IN3O2S/c1-2-3-4-5-6-14-31-21(16-22(33)30-19-12-10-18(29)11-13-19)23(34)32(24(31)35)20-9-7-8-17(15-20)25(26,27)28/h7-13,15,21H,2-6,14,16H2,1H3,(H,30,33). The number of hydrogen-bond donors (Lipinski definition) is 1. The molecule has 1 aliphatic heterocycles. The first-order valence-electron chi connectivity index (χ1n) is 11.5. The van der Waals surface area contributed by atoms with Gasteiger partial charge in [-0.25, -0.2) is 0 Å². The molecule has 1 N–H and O–H groups in total. The topological polar surface area (TPSA) is 52.7 Å². The van der Waals surface area contributed by atoms with Gasteiger partial charge in [-0.15, -0.1) is 0 Å². The molecule has 1 saturated heterocycles. The highest BCUT2D eigenvalue weighted by molar-refractivity contribution is 14.1. The van der Waals surface area contributed by atoms with Crippen LogP contribution in [-0.4, -0.2) is 34.4 Å². The number of carbonyl (C=O) groups is 2. The normalized spacial score (nSPS) is 16.2. The highest BCUT2D eigenvalue weighted by Crippen LogP contribution is 2.34. The molecule has 188 valence electrons. The number of carbonyl (C=O) groups excluding carboxylic acids is 2. The molecule has 35 heavy (non-hydrogen) atoms. The number of anilines is 2. The van der Waals surface area contributed by atoms with Crippen molar-refractivity contribution in [1.82, 2.24) is 4.90 Å². The quantitative estimate of drug-likeness (QED) is 0.185. The van der Waals surface area contributed by atoms with Crippen LogP contribution in [0.25, 0.3) is 0 Å². The van der Waals surface area contributed by atoms with Gasteiger partial charge in [-0.2, -0.15) is 13.2 Å². The van der Waals surface area contributed by atoms with Crippen molar-refractivity contribution < 1.29 is 22.8 Å². The lowest BCUT2D eigenvalue weighted by Crippen LogP contribution is -2.38. The molecule has 2 amide bonds. The average molecular weight is 617 g/mol. The number of alkyl halides is 3. The number of nitrogens with one attached hydrogen (secondary N) is 1. The van der Waals surface area contributed by atoms with E-state index < -0.39 is 23.7 Å². The summed E-state index contributed by atoms with van der Waals surface area (Å²) in [7, 11) is 0. The van der Waals surface area contributed by atoms with Gasteiger partial charge in [0.05, 0.1) is 17.7 Å². The van der Waals surface area contributed by atoms with Gasteiger partial charge >= 0.3 is 6.18 Å². The third kappa shape index (κ3) is 7.16. The first kappa shape index (κ1) is 27.4. The zero-order valence-corrected chi connectivity index (χ0v) is 22.3. The SMILES string of the molecule is CCCCCCCN1C(=S)N(c2cccc(C(F)(F)F)c2)C(=O)C1CC(=O)Nc1ccc(I)cc1. The third-order valence-electron chi connectivity index (χ3n) is 5.76. The van der Waals surface area contributed by atoms with E-state index in [1.165, 1.54) is 12.1 Å². The fraction of sp³-hybridized carbons (Fsp3) is 0.400. The summed E-state index contributed by atoms with van der Waals surface area (Å²) in [6.07, 6.45) is 0.222. The summed E-state index contributed by atoms with van der Waals surface area (Å²) in [6, 6.07) is 10.9. The molecular formula is C25H27F3IN3O2S. The molecule has 1 atom stereocenters. The van der Waals surface area contributed by atoms with Crippen molar-refractivity contribution >= 4 is 63.1 Å². The Morgan fingerprint density at radius 1 is 1.09 bits per heavy atom. The third-order valence-corrected chi connectivity index (χ3v) is 6.90. The van der Waals surface area contributed by atoms with Gasteiger partial charge in [0.1, 0.15) is 6.04 Å². The molecule has 0 bridgehead atoms. The summed E-state index contributed by atoms with van der Waals surface area (Å²) in [5, 5.41) is 2.91. The van der Waals surface area contributed by atoms with Gasteiger partial charge in [-0.1, -0.05) is 38.7 Å². The van der Waals surface area contributed by atoms with Crippen LogP contribution in [0.2, 0.25) is 0 Å². The Bertz CT molecular complexity index is 1060. The van der Waals surface area contributed by atoms with Crippen LogP contribution in [0, 0.1) is 3.57 Å². The predicted molar refractivity (Wildman–Crippen MR) is 143 cm³/mol. The maximum atomic E-state index is 13.4. The van der Waals surface area contributed by atoms with E-state index in [4.69, 9.17) is 12.2 Å². The van der Waals surface area contributed by atoms with Crippen LogP contribution in [0.1, 0.15) is 51.0 Å². The van der Waals surface area contributed by atoms with Crippen LogP contribution in [-0.2, 0) is 15.8 Å². The molecule has 0 radical (unpaired) electrons. The van der Waals surface area contributed by atoms with Crippen molar-refractivity contribution in [2.45, 2.75) is 57.7 Å². The summed E-state index contributed by atoms with van der Waals surface area (Å²) < 4.78 is 40.8. The van der Waals surface area contributed by atoms with Gasteiger partial charge in [0.25, 0.3) is 5.91 Å². The van der Waals surface area contributed by atoms with Crippen molar-refractivity contribution in [3.63, 3.8) is 0 Å². The van der Waals surface area contributed by atoms with Crippen molar-refractivity contribution in [2.24, 2.45) is 0 Å². The predicted octanol–water partition coefficient (Wildman–Crippen LogP) is 6.61. The molecule has 5 nitrogen and oxygen atoms in total. The van der Waals surface area contributed by atoms with Crippen LogP contribution >= 0.6 is 34.8 Å². The second-order valence-electron chi connectivity index (χ2n) is 8.39. The molecule has 0 spiro atoms. The summed E-state index contributed by atoms with van der Waals surface area (Å²) in [6.45, 7) is 2.56. The number of thiocarbonyl (C=S) groups is 1. The second-order valence-corrected chi connectivity index (χ2v) is 10.00. The van der Waals surface area contributed by atoms with Crippen LogP contribution in [0.15, 0.2) is 48.5 Å². The van der Waals surface area contributed by atoms with E-state index in [2.05, 4.69) is 34.8 Å². The smallest absolute Gasteiger partial charge is 0.336 e. The zero-order valence-electron chi connectivity index (χ0n) is 19.3. The van der Waals surface area contributed by atoms with Crippen molar-refractivity contribution in [3.8, 4) is 0 Å². The van der Waals surface area contributed by atoms with Crippen molar-refractivity contribution in [1.29, 1.82) is 0 Å². The van der Waals surface area contributed by atoms with Crippen LogP contribution in [0.4, 0.5) is 24.5 Å². The summed E-state index contributed by atoms with van der Waals surface area (Å²) in [5.41, 5.74) is -0.216. The lowest BCUT2D eigenvalue weighted by atomic mass is 10.1. The highest BCUT2D eigenvalue weighted by atomic mass is 127. The van der Waals surface area contributed by atoms with Gasteiger partial charge in [0.2, 0.25) is 5.91 Å². The van der Waals surface area contributed by atoms with Gasteiger partial charge in [-0.3, -0.25) is 14.5 Å². The molecule has 1 unspecified atom stereocenters. The van der Waals surface area contributed by atoms with Crippen LogP contribution in [0.3, 0.4) is 0 Å². The number of rotatable bonds is 10. The van der Waals surface area contributed by atoms with E-state index in [9.17, 15) is 22.8 Å². The Balaban J connectivity index is 1.81. The average Bonchev–Trinajstić information content (AvgIpc) is 3.03. The fourth-order valence-electron chi connectivity index (χ4n) is 3.95. The van der Waals surface area contributed by atoms with Gasteiger partial charge in [0, 0.05) is 15.8 Å². The number of benzene rings is 2. The Hall–Kier alpha value is -2.21. The van der Waals surface area contributed by atoms with E-state index in [1.807, 2.05) is 12.1 Å².